The molecule has 0 aliphatic rings. The predicted octanol–water partition coefficient (Wildman–Crippen LogP) is 9.41. The first-order valence-corrected chi connectivity index (χ1v) is 17.7. The lowest BCUT2D eigenvalue weighted by Crippen LogP contribution is -2.49. The zero-order chi connectivity index (χ0) is 30.4. The topological polar surface area (TPSA) is 89.7 Å². The van der Waals surface area contributed by atoms with Crippen molar-refractivity contribution in [3.05, 3.63) is 0 Å². The Hall–Kier alpha value is -1.43. The number of unbranched alkanes of at least 4 members (excludes halogenated alkanes) is 19. The summed E-state index contributed by atoms with van der Waals surface area (Å²) in [7, 11) is 0. The number of ether oxygens (including phenoxy) is 1. The van der Waals surface area contributed by atoms with Crippen LogP contribution in [0, 0.1) is 0 Å². The lowest BCUT2D eigenvalue weighted by Gasteiger charge is -2.29. The number of imide groups is 1. The second kappa shape index (κ2) is 30.0. The molecule has 1 atom stereocenters. The van der Waals surface area contributed by atoms with E-state index in [0.29, 0.717) is 38.8 Å². The highest BCUT2D eigenvalue weighted by Crippen LogP contribution is 2.18. The maximum atomic E-state index is 13.1. The largest absolute Gasteiger partial charge is 0.464 e. The van der Waals surface area contributed by atoms with Crippen molar-refractivity contribution in [2.75, 3.05) is 13.2 Å². The molecule has 0 bridgehead atoms. The minimum absolute atomic E-state index is 0.249. The van der Waals surface area contributed by atoms with Gasteiger partial charge in [-0.3, -0.25) is 14.5 Å². The van der Waals surface area contributed by atoms with E-state index in [1.807, 2.05) is 0 Å². The van der Waals surface area contributed by atoms with Crippen LogP contribution in [-0.2, 0) is 19.1 Å². The van der Waals surface area contributed by atoms with Crippen LogP contribution in [-0.4, -0.2) is 41.9 Å². The van der Waals surface area contributed by atoms with E-state index >= 15 is 0 Å². The summed E-state index contributed by atoms with van der Waals surface area (Å²) >= 11 is 0. The molecule has 0 aromatic rings. The zero-order valence-electron chi connectivity index (χ0n) is 27.5. The van der Waals surface area contributed by atoms with Crippen LogP contribution in [0.1, 0.15) is 188 Å². The normalized spacial score (nSPS) is 11.9. The number of hydrogen-bond acceptors (Lipinski definition) is 5. The Morgan fingerprint density at radius 1 is 0.537 bits per heavy atom. The molecule has 0 aliphatic heterocycles. The standard InChI is InChI=1S/C35H68N2O4/c1-4-7-10-11-12-13-14-15-16-17-18-19-20-21-22-25-31-41-35(40)32(27-26-30-36)37(33(38)28-23-8-5-2)34(39)29-24-9-6-3/h32H,4-31,36H2,1-3H3/t32-/m0/s1. The quantitative estimate of drug-likeness (QED) is 0.0675. The molecule has 0 fully saturated rings. The minimum atomic E-state index is -0.858. The van der Waals surface area contributed by atoms with Crippen LogP contribution in [0.3, 0.4) is 0 Å². The Morgan fingerprint density at radius 3 is 1.29 bits per heavy atom. The van der Waals surface area contributed by atoms with Crippen LogP contribution in [0.5, 0.6) is 0 Å². The van der Waals surface area contributed by atoms with Gasteiger partial charge in [-0.15, -0.1) is 0 Å². The molecule has 6 nitrogen and oxygen atoms in total. The molecule has 0 spiro atoms. The first-order chi connectivity index (χ1) is 20.0. The fourth-order valence-electron chi connectivity index (χ4n) is 5.36. The van der Waals surface area contributed by atoms with E-state index in [2.05, 4.69) is 20.8 Å². The molecule has 2 N–H and O–H groups in total. The van der Waals surface area contributed by atoms with Gasteiger partial charge < -0.3 is 10.5 Å². The maximum absolute atomic E-state index is 13.1. The number of carbonyl (C=O) groups excluding carboxylic acids is 3. The molecule has 0 heterocycles. The fourth-order valence-corrected chi connectivity index (χ4v) is 5.36. The molecule has 0 aromatic heterocycles. The van der Waals surface area contributed by atoms with Crippen molar-refractivity contribution >= 4 is 17.8 Å². The minimum Gasteiger partial charge on any atom is -0.464 e. The van der Waals surface area contributed by atoms with Gasteiger partial charge in [0.25, 0.3) is 0 Å². The van der Waals surface area contributed by atoms with Crippen molar-refractivity contribution in [2.45, 2.75) is 194 Å². The van der Waals surface area contributed by atoms with Crippen LogP contribution in [0.25, 0.3) is 0 Å². The van der Waals surface area contributed by atoms with Gasteiger partial charge in [0.15, 0.2) is 0 Å². The third-order valence-corrected chi connectivity index (χ3v) is 8.03. The summed E-state index contributed by atoms with van der Waals surface area (Å²) < 4.78 is 5.63. The Kier molecular flexibility index (Phi) is 29.0. The summed E-state index contributed by atoms with van der Waals surface area (Å²) in [4.78, 5) is 40.5. The van der Waals surface area contributed by atoms with Crippen LogP contribution in [0.4, 0.5) is 0 Å². The van der Waals surface area contributed by atoms with Gasteiger partial charge in [0.2, 0.25) is 11.8 Å². The lowest BCUT2D eigenvalue weighted by molar-refractivity contribution is -0.162. The number of nitrogens with two attached hydrogens (primary N) is 1. The fraction of sp³-hybridized carbons (Fsp3) is 0.914. The second-order valence-corrected chi connectivity index (χ2v) is 12.0. The Bertz CT molecular complexity index is 603. The highest BCUT2D eigenvalue weighted by atomic mass is 16.5. The highest BCUT2D eigenvalue weighted by molar-refractivity contribution is 5.99. The summed E-state index contributed by atoms with van der Waals surface area (Å²) in [6, 6.07) is -0.858. The van der Waals surface area contributed by atoms with E-state index < -0.39 is 12.0 Å². The van der Waals surface area contributed by atoms with Gasteiger partial charge in [0.1, 0.15) is 6.04 Å². The van der Waals surface area contributed by atoms with Gasteiger partial charge in [-0.05, 0) is 38.6 Å². The molecule has 0 aliphatic carbocycles. The van der Waals surface area contributed by atoms with Gasteiger partial charge in [-0.25, -0.2) is 4.79 Å². The molecular formula is C35H68N2O4. The van der Waals surface area contributed by atoms with E-state index in [9.17, 15) is 14.4 Å². The molecule has 242 valence electrons. The first-order valence-electron chi connectivity index (χ1n) is 17.7. The van der Waals surface area contributed by atoms with Crippen molar-refractivity contribution in [1.29, 1.82) is 0 Å². The highest BCUT2D eigenvalue weighted by Gasteiger charge is 2.34. The molecule has 0 radical (unpaired) electrons. The van der Waals surface area contributed by atoms with E-state index in [1.54, 1.807) is 0 Å². The predicted molar refractivity (Wildman–Crippen MR) is 173 cm³/mol. The monoisotopic (exact) mass is 581 g/mol. The SMILES string of the molecule is CCCCCCCCCCCCCCCCCCOC(=O)[C@H](CCCN)N(C(=O)CCCCC)C(=O)CCCCC. The van der Waals surface area contributed by atoms with Crippen molar-refractivity contribution < 1.29 is 19.1 Å². The van der Waals surface area contributed by atoms with Crippen LogP contribution >= 0.6 is 0 Å². The molecule has 2 amide bonds. The van der Waals surface area contributed by atoms with Crippen molar-refractivity contribution in [2.24, 2.45) is 5.73 Å². The van der Waals surface area contributed by atoms with Crippen LogP contribution in [0.2, 0.25) is 0 Å². The molecular weight excluding hydrogens is 512 g/mol. The number of amides is 2. The van der Waals surface area contributed by atoms with E-state index in [-0.39, 0.29) is 11.8 Å². The Labute approximate surface area is 254 Å². The molecule has 0 saturated carbocycles. The third kappa shape index (κ3) is 22.8. The average molecular weight is 581 g/mol. The van der Waals surface area contributed by atoms with Gasteiger partial charge >= 0.3 is 5.97 Å². The van der Waals surface area contributed by atoms with E-state index in [4.69, 9.17) is 10.5 Å². The lowest BCUT2D eigenvalue weighted by atomic mass is 10.0. The number of carbonyl (C=O) groups is 3. The number of nitrogens with zero attached hydrogens (tertiary/aromatic N) is 1. The number of hydrogen-bond donors (Lipinski definition) is 1. The number of esters is 1. The molecule has 0 rings (SSSR count). The van der Waals surface area contributed by atoms with Gasteiger partial charge in [0, 0.05) is 12.8 Å². The molecule has 0 aromatic carbocycles. The third-order valence-electron chi connectivity index (χ3n) is 8.03. The zero-order valence-corrected chi connectivity index (χ0v) is 27.5. The van der Waals surface area contributed by atoms with Crippen LogP contribution < -0.4 is 5.73 Å². The van der Waals surface area contributed by atoms with Gasteiger partial charge in [-0.1, -0.05) is 143 Å². The number of rotatable bonds is 30. The Morgan fingerprint density at radius 2 is 0.902 bits per heavy atom. The maximum Gasteiger partial charge on any atom is 0.329 e. The second-order valence-electron chi connectivity index (χ2n) is 12.0. The first kappa shape index (κ1) is 39.6. The summed E-state index contributed by atoms with van der Waals surface area (Å²) in [6.45, 7) is 7.19. The smallest absolute Gasteiger partial charge is 0.329 e. The molecule has 0 saturated heterocycles. The molecule has 6 heteroatoms. The van der Waals surface area contributed by atoms with E-state index in [0.717, 1.165) is 57.8 Å². The van der Waals surface area contributed by atoms with Crippen molar-refractivity contribution in [3.63, 3.8) is 0 Å². The summed E-state index contributed by atoms with van der Waals surface area (Å²) in [5.74, 6) is -0.949. The average Bonchev–Trinajstić information content (AvgIpc) is 2.96. The van der Waals surface area contributed by atoms with Crippen LogP contribution in [0.15, 0.2) is 0 Å². The van der Waals surface area contributed by atoms with Crippen molar-refractivity contribution in [1.82, 2.24) is 4.90 Å². The summed E-state index contributed by atoms with van der Waals surface area (Å²) in [5, 5.41) is 0. The van der Waals surface area contributed by atoms with Crippen molar-refractivity contribution in [3.8, 4) is 0 Å². The van der Waals surface area contributed by atoms with Gasteiger partial charge in [0.05, 0.1) is 6.61 Å². The Balaban J connectivity index is 4.34. The summed E-state index contributed by atoms with van der Waals surface area (Å²) in [6.07, 6.45) is 27.6. The van der Waals surface area contributed by atoms with E-state index in [1.165, 1.54) is 88.4 Å². The summed E-state index contributed by atoms with van der Waals surface area (Å²) in [5.41, 5.74) is 5.73. The van der Waals surface area contributed by atoms with Gasteiger partial charge in [-0.2, -0.15) is 0 Å². The molecule has 0 unspecified atom stereocenters. The molecule has 41 heavy (non-hydrogen) atoms.